The van der Waals surface area contributed by atoms with E-state index in [2.05, 4.69) is 84.8 Å². The molecule has 3 heterocycles. The molecule has 15 nitrogen and oxygen atoms in total. The molecule has 3 aromatic carbocycles. The molecule has 15 heteroatoms. The first-order chi connectivity index (χ1) is 31.7. The molecule has 0 bridgehead atoms. The van der Waals surface area contributed by atoms with E-state index in [1.807, 2.05) is 52.0 Å². The highest BCUT2D eigenvalue weighted by Gasteiger charge is 2.52. The van der Waals surface area contributed by atoms with E-state index in [0.717, 1.165) is 40.8 Å². The fraction of sp³-hybridized carbons (Fsp3) is 0.538. The number of hydrogen-bond acceptors (Lipinski definition) is 9. The van der Waals surface area contributed by atoms with Crippen molar-refractivity contribution < 1.29 is 38.2 Å². The average molecular weight is 922 g/mol. The van der Waals surface area contributed by atoms with E-state index in [0.29, 0.717) is 38.8 Å². The molecule has 3 aliphatic rings. The van der Waals surface area contributed by atoms with Gasteiger partial charge >= 0.3 is 12.2 Å². The van der Waals surface area contributed by atoms with Gasteiger partial charge in [0.1, 0.15) is 23.2 Å². The highest BCUT2D eigenvalue weighted by Crippen LogP contribution is 2.48. The van der Waals surface area contributed by atoms with Gasteiger partial charge in [0.2, 0.25) is 23.6 Å². The van der Waals surface area contributed by atoms with Crippen LogP contribution in [0.2, 0.25) is 0 Å². The Balaban J connectivity index is 1.27. The van der Waals surface area contributed by atoms with E-state index in [9.17, 15) is 28.8 Å². The number of likely N-dealkylation sites (tertiary alicyclic amines) is 2. The zero-order valence-electron chi connectivity index (χ0n) is 40.7. The van der Waals surface area contributed by atoms with Gasteiger partial charge in [-0.25, -0.2) is 9.59 Å². The van der Waals surface area contributed by atoms with Crippen molar-refractivity contribution in [3.8, 4) is 0 Å². The Morgan fingerprint density at radius 2 is 1.00 bits per heavy atom. The van der Waals surface area contributed by atoms with Crippen LogP contribution >= 0.6 is 0 Å². The van der Waals surface area contributed by atoms with Gasteiger partial charge < -0.3 is 46.3 Å². The monoisotopic (exact) mass is 922 g/mol. The fourth-order valence-corrected chi connectivity index (χ4v) is 10.5. The Kier molecular flexibility index (Phi) is 15.3. The average Bonchev–Trinajstić information content (AvgIpc) is 4.05. The summed E-state index contributed by atoms with van der Waals surface area (Å²) in [7, 11) is 2.49. The standard InChI is InChI=1S/C52H71N7O8/c1-32(2)42(55-48(64)66-8)44(60)57-28-10-26-51(57,46(53)62)30-34-12-16-36(17-13-34)40-24-25-41(59(40)39-22-20-38(21-23-39)50(5,6)7)37-18-14-35(15-19-37)31-52(47(54)63)27-11-29-58(52)45(61)43(33(3)4)56-49(65)67-9/h12-23,32-33,40-43H,10-11,24-31H2,1-9H3,(H2,53,62)(H2,54,63)(H,55,64)(H,56,65)/t40?,41?,42-,43-,51-,52-/m0/s1. The molecular formula is C52H71N7O8. The number of anilines is 1. The Morgan fingerprint density at radius 1 is 0.627 bits per heavy atom. The molecule has 6 rings (SSSR count). The number of methoxy groups -OCH3 is 2. The van der Waals surface area contributed by atoms with E-state index < -0.39 is 47.2 Å². The lowest BCUT2D eigenvalue weighted by Crippen LogP contribution is -2.62. The SMILES string of the molecule is COC(=O)N[C@H](C(=O)N1CCC[C@]1(Cc1ccc(C2CCC(c3ccc(C[C@]4(C(N)=O)CCCN4C(=O)[C@@H](NC(=O)OC)C(C)C)cc3)N2c2ccc(C(C)(C)C)cc2)cc1)C(N)=O)C(C)C. The number of amides is 6. The van der Waals surface area contributed by atoms with Gasteiger partial charge in [-0.2, -0.15) is 0 Å². The van der Waals surface area contributed by atoms with Crippen LogP contribution in [0.15, 0.2) is 72.8 Å². The molecule has 6 N–H and O–H groups in total. The number of rotatable bonds is 15. The molecule has 6 amide bonds. The van der Waals surface area contributed by atoms with E-state index in [1.54, 1.807) is 9.80 Å². The van der Waals surface area contributed by atoms with E-state index >= 15 is 0 Å². The summed E-state index contributed by atoms with van der Waals surface area (Å²) in [6.07, 6.45) is 2.78. The van der Waals surface area contributed by atoms with Crippen molar-refractivity contribution in [1.82, 2.24) is 20.4 Å². The van der Waals surface area contributed by atoms with Gasteiger partial charge in [-0.1, -0.05) is 109 Å². The van der Waals surface area contributed by atoms with Crippen molar-refractivity contribution in [3.05, 3.63) is 101 Å². The van der Waals surface area contributed by atoms with Gasteiger partial charge in [-0.3, -0.25) is 19.2 Å². The van der Waals surface area contributed by atoms with E-state index in [-0.39, 0.29) is 54.0 Å². The van der Waals surface area contributed by atoms with Gasteiger partial charge in [0, 0.05) is 31.6 Å². The third-order valence-corrected chi connectivity index (χ3v) is 14.3. The van der Waals surface area contributed by atoms with Crippen LogP contribution < -0.4 is 27.0 Å². The molecule has 3 saturated heterocycles. The number of nitrogens with zero attached hydrogens (tertiary/aromatic N) is 3. The lowest BCUT2D eigenvalue weighted by atomic mass is 9.85. The molecule has 3 aliphatic heterocycles. The van der Waals surface area contributed by atoms with Crippen molar-refractivity contribution in [2.45, 2.75) is 140 Å². The summed E-state index contributed by atoms with van der Waals surface area (Å²) in [6, 6.07) is 23.5. The van der Waals surface area contributed by atoms with Crippen LogP contribution in [0, 0.1) is 11.8 Å². The lowest BCUT2D eigenvalue weighted by molar-refractivity contribution is -0.145. The molecule has 0 saturated carbocycles. The second kappa shape index (κ2) is 20.4. The normalized spacial score (nSPS) is 22.7. The Hall–Kier alpha value is -6.12. The van der Waals surface area contributed by atoms with Gasteiger partial charge in [0.25, 0.3) is 0 Å². The summed E-state index contributed by atoms with van der Waals surface area (Å²) < 4.78 is 9.59. The van der Waals surface area contributed by atoms with Crippen LogP contribution in [-0.4, -0.2) is 96.1 Å². The summed E-state index contributed by atoms with van der Waals surface area (Å²) in [5.41, 5.74) is 16.0. The van der Waals surface area contributed by atoms with Crippen molar-refractivity contribution in [3.63, 3.8) is 0 Å². The third kappa shape index (κ3) is 10.4. The van der Waals surface area contributed by atoms with Crippen LogP contribution in [0.4, 0.5) is 15.3 Å². The molecule has 0 spiro atoms. The topological polar surface area (TPSA) is 207 Å². The van der Waals surface area contributed by atoms with Gasteiger partial charge in [-0.15, -0.1) is 0 Å². The molecule has 0 aromatic heterocycles. The van der Waals surface area contributed by atoms with Crippen molar-refractivity contribution >= 4 is 41.5 Å². The van der Waals surface area contributed by atoms with Crippen molar-refractivity contribution in [2.24, 2.45) is 23.3 Å². The molecular weight excluding hydrogens is 851 g/mol. The predicted molar refractivity (Wildman–Crippen MR) is 257 cm³/mol. The molecule has 2 unspecified atom stereocenters. The number of nitrogens with two attached hydrogens (primary N) is 2. The zero-order valence-corrected chi connectivity index (χ0v) is 40.7. The summed E-state index contributed by atoms with van der Waals surface area (Å²) in [6.45, 7) is 14.6. The number of benzene rings is 3. The number of ether oxygens (including phenoxy) is 2. The summed E-state index contributed by atoms with van der Waals surface area (Å²) in [5, 5.41) is 5.31. The molecule has 6 atom stereocenters. The fourth-order valence-electron chi connectivity index (χ4n) is 10.5. The van der Waals surface area contributed by atoms with Gasteiger partial charge in [-0.05, 0) is 95.7 Å². The Bertz CT molecular complexity index is 2140. The zero-order chi connectivity index (χ0) is 49.0. The maximum Gasteiger partial charge on any atom is 0.407 e. The second-order valence-electron chi connectivity index (χ2n) is 20.3. The molecule has 67 heavy (non-hydrogen) atoms. The number of carbonyl (C=O) groups is 6. The summed E-state index contributed by atoms with van der Waals surface area (Å²) in [4.78, 5) is 84.8. The van der Waals surface area contributed by atoms with Crippen LogP contribution in [0.1, 0.15) is 127 Å². The smallest absolute Gasteiger partial charge is 0.407 e. The maximum atomic E-state index is 14.0. The largest absolute Gasteiger partial charge is 0.453 e. The summed E-state index contributed by atoms with van der Waals surface area (Å²) in [5.74, 6) is -2.39. The van der Waals surface area contributed by atoms with E-state index in [1.165, 1.54) is 19.8 Å². The summed E-state index contributed by atoms with van der Waals surface area (Å²) >= 11 is 0. The number of primary amides is 2. The number of hydrogen-bond donors (Lipinski definition) is 4. The third-order valence-electron chi connectivity index (χ3n) is 14.3. The lowest BCUT2D eigenvalue weighted by Gasteiger charge is -2.39. The Morgan fingerprint density at radius 3 is 1.31 bits per heavy atom. The van der Waals surface area contributed by atoms with Crippen molar-refractivity contribution in [1.29, 1.82) is 0 Å². The minimum atomic E-state index is -1.25. The van der Waals surface area contributed by atoms with Gasteiger partial charge in [0.15, 0.2) is 0 Å². The van der Waals surface area contributed by atoms with Crippen LogP contribution in [0.3, 0.4) is 0 Å². The molecule has 0 aliphatic carbocycles. The number of alkyl carbamates (subject to hydrolysis) is 2. The molecule has 0 radical (unpaired) electrons. The highest BCUT2D eigenvalue weighted by molar-refractivity contribution is 5.95. The first kappa shape index (κ1) is 50.3. The number of carbonyl (C=O) groups excluding carboxylic acids is 6. The van der Waals surface area contributed by atoms with Crippen LogP contribution in [-0.2, 0) is 46.9 Å². The van der Waals surface area contributed by atoms with Gasteiger partial charge in [0.05, 0.1) is 26.3 Å². The molecule has 3 fully saturated rings. The van der Waals surface area contributed by atoms with Crippen LogP contribution in [0.5, 0.6) is 0 Å². The Labute approximate surface area is 395 Å². The minimum absolute atomic E-state index is 0.00811. The number of nitrogens with one attached hydrogen (secondary N) is 2. The molecule has 3 aromatic rings. The highest BCUT2D eigenvalue weighted by atomic mass is 16.5. The van der Waals surface area contributed by atoms with E-state index in [4.69, 9.17) is 20.9 Å². The maximum absolute atomic E-state index is 14.0. The second-order valence-corrected chi connectivity index (χ2v) is 20.3. The first-order valence-electron chi connectivity index (χ1n) is 23.7. The minimum Gasteiger partial charge on any atom is -0.453 e. The predicted octanol–water partition coefficient (Wildman–Crippen LogP) is 6.61. The van der Waals surface area contributed by atoms with Crippen LogP contribution in [0.25, 0.3) is 0 Å². The molecule has 362 valence electrons. The van der Waals surface area contributed by atoms with Crippen molar-refractivity contribution in [2.75, 3.05) is 32.2 Å². The quantitative estimate of drug-likeness (QED) is 0.129. The first-order valence-corrected chi connectivity index (χ1v) is 23.7.